The highest BCUT2D eigenvalue weighted by Crippen LogP contribution is 2.35. The molecule has 7 heteroatoms. The Kier molecular flexibility index (Phi) is 5.72. The average Bonchev–Trinajstić information content (AvgIpc) is 2.40. The number of rotatable bonds is 6. The maximum absolute atomic E-state index is 12.5. The lowest BCUT2D eigenvalue weighted by Gasteiger charge is -2.15. The van der Waals surface area contributed by atoms with Gasteiger partial charge in [0.25, 0.3) is 0 Å². The molecule has 0 aliphatic carbocycles. The summed E-state index contributed by atoms with van der Waals surface area (Å²) in [6.45, 7) is -1.33. The standard InChI is InChI=1S/C13H13F2NO4/c1-3-19-11(17)6-9-8(7-16)4-5-10(18-2)12(9)20-13(14)15/h4-5,13H,3,6H2,1-2H3. The van der Waals surface area contributed by atoms with Crippen LogP contribution in [0.4, 0.5) is 8.78 Å². The third-order valence-corrected chi connectivity index (χ3v) is 2.40. The largest absolute Gasteiger partial charge is 0.493 e. The SMILES string of the molecule is CCOC(=O)Cc1c(C#N)ccc(OC)c1OC(F)F. The smallest absolute Gasteiger partial charge is 0.387 e. The van der Waals surface area contributed by atoms with Crippen molar-refractivity contribution in [1.82, 2.24) is 0 Å². The zero-order chi connectivity index (χ0) is 15.1. The summed E-state index contributed by atoms with van der Waals surface area (Å²) in [4.78, 5) is 11.5. The fourth-order valence-corrected chi connectivity index (χ4v) is 1.62. The Labute approximate surface area is 114 Å². The molecule has 0 fully saturated rings. The van der Waals surface area contributed by atoms with Crippen LogP contribution in [-0.4, -0.2) is 26.3 Å². The number of hydrogen-bond acceptors (Lipinski definition) is 5. The van der Waals surface area contributed by atoms with E-state index in [1.54, 1.807) is 6.92 Å². The van der Waals surface area contributed by atoms with E-state index in [1.165, 1.54) is 19.2 Å². The second kappa shape index (κ2) is 7.28. The van der Waals surface area contributed by atoms with Crippen LogP contribution >= 0.6 is 0 Å². The summed E-state index contributed by atoms with van der Waals surface area (Å²) in [5.41, 5.74) is 0.0695. The number of benzene rings is 1. The normalized spacial score (nSPS) is 10.0. The van der Waals surface area contributed by atoms with E-state index in [-0.39, 0.29) is 35.7 Å². The number of ether oxygens (including phenoxy) is 3. The molecule has 0 heterocycles. The Balaban J connectivity index is 3.27. The topological polar surface area (TPSA) is 68.6 Å². The molecule has 0 aliphatic heterocycles. The lowest BCUT2D eigenvalue weighted by Crippen LogP contribution is -2.13. The fraction of sp³-hybridized carbons (Fsp3) is 0.385. The minimum Gasteiger partial charge on any atom is -0.493 e. The molecule has 0 amide bonds. The van der Waals surface area contributed by atoms with E-state index in [2.05, 4.69) is 4.74 Å². The van der Waals surface area contributed by atoms with Crippen molar-refractivity contribution in [3.05, 3.63) is 23.3 Å². The number of methoxy groups -OCH3 is 1. The van der Waals surface area contributed by atoms with Crippen molar-refractivity contribution in [1.29, 1.82) is 5.26 Å². The van der Waals surface area contributed by atoms with Gasteiger partial charge in [0, 0.05) is 5.56 Å². The molecule has 0 radical (unpaired) electrons. The molecule has 1 aromatic carbocycles. The van der Waals surface area contributed by atoms with Gasteiger partial charge in [-0.2, -0.15) is 14.0 Å². The van der Waals surface area contributed by atoms with Crippen molar-refractivity contribution >= 4 is 5.97 Å². The van der Waals surface area contributed by atoms with Crippen LogP contribution in [0.1, 0.15) is 18.1 Å². The van der Waals surface area contributed by atoms with Crippen molar-refractivity contribution in [2.24, 2.45) is 0 Å². The third-order valence-electron chi connectivity index (χ3n) is 2.40. The van der Waals surface area contributed by atoms with Gasteiger partial charge in [0.1, 0.15) is 0 Å². The Morgan fingerprint density at radius 1 is 1.45 bits per heavy atom. The molecule has 0 aromatic heterocycles. The van der Waals surface area contributed by atoms with E-state index in [9.17, 15) is 13.6 Å². The quantitative estimate of drug-likeness (QED) is 0.750. The molecule has 5 nitrogen and oxygen atoms in total. The summed E-state index contributed by atoms with van der Waals surface area (Å²) in [5.74, 6) is -0.949. The second-order valence-electron chi connectivity index (χ2n) is 3.60. The van der Waals surface area contributed by atoms with Crippen molar-refractivity contribution in [3.63, 3.8) is 0 Å². The summed E-state index contributed by atoms with van der Waals surface area (Å²) in [5, 5.41) is 9.00. The van der Waals surface area contributed by atoms with Crippen LogP contribution in [0.25, 0.3) is 0 Å². The lowest BCUT2D eigenvalue weighted by atomic mass is 10.0. The highest BCUT2D eigenvalue weighted by atomic mass is 19.3. The van der Waals surface area contributed by atoms with Gasteiger partial charge < -0.3 is 14.2 Å². The Morgan fingerprint density at radius 3 is 2.65 bits per heavy atom. The number of nitrogens with zero attached hydrogens (tertiary/aromatic N) is 1. The van der Waals surface area contributed by atoms with Crippen LogP contribution < -0.4 is 9.47 Å². The minimum atomic E-state index is -3.10. The highest BCUT2D eigenvalue weighted by molar-refractivity contribution is 5.75. The van der Waals surface area contributed by atoms with Gasteiger partial charge in [-0.05, 0) is 19.1 Å². The second-order valence-corrected chi connectivity index (χ2v) is 3.60. The molecule has 0 unspecified atom stereocenters. The van der Waals surface area contributed by atoms with Gasteiger partial charge >= 0.3 is 12.6 Å². The van der Waals surface area contributed by atoms with Gasteiger partial charge in [-0.25, -0.2) is 0 Å². The van der Waals surface area contributed by atoms with Gasteiger partial charge in [-0.1, -0.05) is 0 Å². The number of halogens is 2. The predicted molar refractivity (Wildman–Crippen MR) is 64.7 cm³/mol. The van der Waals surface area contributed by atoms with E-state index in [1.807, 2.05) is 6.07 Å². The maximum atomic E-state index is 12.5. The molecule has 0 bridgehead atoms. The molecule has 0 saturated heterocycles. The summed E-state index contributed by atoms with van der Waals surface area (Å²) in [6.07, 6.45) is -0.351. The van der Waals surface area contributed by atoms with Gasteiger partial charge in [0.05, 0.1) is 31.8 Å². The van der Waals surface area contributed by atoms with Crippen LogP contribution in [-0.2, 0) is 16.0 Å². The molecule has 0 saturated carbocycles. The summed E-state index contributed by atoms with van der Waals surface area (Å²) in [7, 11) is 1.27. The molecule has 0 atom stereocenters. The van der Waals surface area contributed by atoms with Gasteiger partial charge in [0.15, 0.2) is 11.5 Å². The Morgan fingerprint density at radius 2 is 2.15 bits per heavy atom. The minimum absolute atomic E-state index is 0.0172. The molecule has 108 valence electrons. The summed E-state index contributed by atoms with van der Waals surface area (Å²) < 4.78 is 38.9. The summed E-state index contributed by atoms with van der Waals surface area (Å²) in [6, 6.07) is 4.51. The summed E-state index contributed by atoms with van der Waals surface area (Å²) >= 11 is 0. The van der Waals surface area contributed by atoms with E-state index in [0.29, 0.717) is 0 Å². The van der Waals surface area contributed by atoms with Crippen molar-refractivity contribution in [2.45, 2.75) is 20.0 Å². The number of alkyl halides is 2. The lowest BCUT2D eigenvalue weighted by molar-refractivity contribution is -0.142. The first-order valence-corrected chi connectivity index (χ1v) is 5.73. The van der Waals surface area contributed by atoms with Crippen molar-refractivity contribution < 1.29 is 27.8 Å². The predicted octanol–water partition coefficient (Wildman–Crippen LogP) is 2.27. The first-order chi connectivity index (χ1) is 9.53. The average molecular weight is 285 g/mol. The van der Waals surface area contributed by atoms with Crippen LogP contribution in [0.2, 0.25) is 0 Å². The van der Waals surface area contributed by atoms with Gasteiger partial charge in [-0.15, -0.1) is 0 Å². The molecular formula is C13H13F2NO4. The van der Waals surface area contributed by atoms with Crippen LogP contribution in [0.3, 0.4) is 0 Å². The van der Waals surface area contributed by atoms with Crippen LogP contribution in [0, 0.1) is 11.3 Å². The maximum Gasteiger partial charge on any atom is 0.387 e. The van der Waals surface area contributed by atoms with E-state index in [4.69, 9.17) is 14.7 Å². The first-order valence-electron chi connectivity index (χ1n) is 5.73. The Bertz CT molecular complexity index is 526. The fourth-order valence-electron chi connectivity index (χ4n) is 1.62. The first kappa shape index (κ1) is 15.7. The number of nitriles is 1. The van der Waals surface area contributed by atoms with Gasteiger partial charge in [-0.3, -0.25) is 4.79 Å². The molecule has 1 rings (SSSR count). The van der Waals surface area contributed by atoms with Crippen molar-refractivity contribution in [3.8, 4) is 17.6 Å². The zero-order valence-electron chi connectivity index (χ0n) is 11.0. The van der Waals surface area contributed by atoms with E-state index >= 15 is 0 Å². The molecule has 1 aromatic rings. The number of carbonyl (C=O) groups is 1. The monoisotopic (exact) mass is 285 g/mol. The van der Waals surface area contributed by atoms with Crippen LogP contribution in [0.15, 0.2) is 12.1 Å². The molecule has 20 heavy (non-hydrogen) atoms. The van der Waals surface area contributed by atoms with Crippen molar-refractivity contribution in [2.75, 3.05) is 13.7 Å². The molecule has 0 aliphatic rings. The van der Waals surface area contributed by atoms with Gasteiger partial charge in [0.2, 0.25) is 0 Å². The third kappa shape index (κ3) is 3.82. The molecular weight excluding hydrogens is 272 g/mol. The van der Waals surface area contributed by atoms with E-state index in [0.717, 1.165) is 0 Å². The number of esters is 1. The number of carbonyl (C=O) groups excluding carboxylic acids is 1. The Hall–Kier alpha value is -2.36. The number of hydrogen-bond donors (Lipinski definition) is 0. The van der Waals surface area contributed by atoms with E-state index < -0.39 is 12.6 Å². The molecule has 0 spiro atoms. The van der Waals surface area contributed by atoms with Crippen LogP contribution in [0.5, 0.6) is 11.5 Å². The zero-order valence-corrected chi connectivity index (χ0v) is 11.0. The highest BCUT2D eigenvalue weighted by Gasteiger charge is 2.21. The molecule has 0 N–H and O–H groups in total.